The molecule has 1 aromatic carbocycles. The standard InChI is InChI=1S/C12H10N2O3/c1-7-3-4-8-9(5-7)16-10-6-13-14-12(15-2)11(10)17-8/h3-6H,1-2H3. The summed E-state index contributed by atoms with van der Waals surface area (Å²) in [5, 5.41) is 7.61. The third-order valence-electron chi connectivity index (χ3n) is 2.47. The van der Waals surface area contributed by atoms with Gasteiger partial charge in [-0.15, -0.1) is 5.10 Å². The molecule has 86 valence electrons. The number of hydrogen-bond acceptors (Lipinski definition) is 5. The lowest BCUT2D eigenvalue weighted by atomic mass is 10.2. The Morgan fingerprint density at radius 3 is 2.82 bits per heavy atom. The number of hydrogen-bond donors (Lipinski definition) is 0. The van der Waals surface area contributed by atoms with E-state index in [1.165, 1.54) is 13.3 Å². The second-order valence-corrected chi connectivity index (χ2v) is 3.70. The number of nitrogens with zero attached hydrogens (tertiary/aromatic N) is 2. The number of ether oxygens (including phenoxy) is 3. The maximum atomic E-state index is 5.70. The van der Waals surface area contributed by atoms with E-state index in [0.717, 1.165) is 5.56 Å². The lowest BCUT2D eigenvalue weighted by Crippen LogP contribution is -2.03. The van der Waals surface area contributed by atoms with Crippen molar-refractivity contribution in [3.63, 3.8) is 0 Å². The molecule has 0 aliphatic carbocycles. The number of rotatable bonds is 1. The quantitative estimate of drug-likeness (QED) is 0.643. The average Bonchev–Trinajstić information content (AvgIpc) is 2.35. The Balaban J connectivity index is 2.10. The molecule has 0 radical (unpaired) electrons. The van der Waals surface area contributed by atoms with E-state index in [9.17, 15) is 0 Å². The lowest BCUT2D eigenvalue weighted by molar-refractivity contribution is 0.314. The molecule has 0 unspecified atom stereocenters. The predicted molar refractivity (Wildman–Crippen MR) is 59.9 cm³/mol. The van der Waals surface area contributed by atoms with Crippen LogP contribution < -0.4 is 14.2 Å². The van der Waals surface area contributed by atoms with Crippen LogP contribution in [0.5, 0.6) is 28.9 Å². The summed E-state index contributed by atoms with van der Waals surface area (Å²) in [6, 6.07) is 5.72. The van der Waals surface area contributed by atoms with Gasteiger partial charge in [-0.1, -0.05) is 6.07 Å². The van der Waals surface area contributed by atoms with Gasteiger partial charge in [-0.05, 0) is 24.6 Å². The van der Waals surface area contributed by atoms with Crippen molar-refractivity contribution in [1.82, 2.24) is 10.2 Å². The lowest BCUT2D eigenvalue weighted by Gasteiger charge is -2.20. The first kappa shape index (κ1) is 9.89. The average molecular weight is 230 g/mol. The van der Waals surface area contributed by atoms with Crippen LogP contribution in [0.1, 0.15) is 5.56 Å². The highest BCUT2D eigenvalue weighted by Crippen LogP contribution is 2.48. The van der Waals surface area contributed by atoms with Gasteiger partial charge in [0.15, 0.2) is 17.2 Å². The molecule has 0 saturated carbocycles. The first-order valence-corrected chi connectivity index (χ1v) is 5.14. The van der Waals surface area contributed by atoms with Crippen molar-refractivity contribution >= 4 is 0 Å². The van der Waals surface area contributed by atoms with Crippen LogP contribution in [0.3, 0.4) is 0 Å². The third kappa shape index (κ3) is 1.56. The van der Waals surface area contributed by atoms with Gasteiger partial charge in [-0.25, -0.2) is 0 Å². The van der Waals surface area contributed by atoms with Crippen molar-refractivity contribution in [2.24, 2.45) is 0 Å². The summed E-state index contributed by atoms with van der Waals surface area (Å²) in [7, 11) is 1.51. The summed E-state index contributed by atoms with van der Waals surface area (Å²) < 4.78 is 16.5. The van der Waals surface area contributed by atoms with Crippen molar-refractivity contribution in [1.29, 1.82) is 0 Å². The van der Waals surface area contributed by atoms with Gasteiger partial charge in [0.25, 0.3) is 5.88 Å². The van der Waals surface area contributed by atoms with Crippen LogP contribution in [0.15, 0.2) is 24.4 Å². The summed E-state index contributed by atoms with van der Waals surface area (Å²) in [6.07, 6.45) is 1.50. The zero-order chi connectivity index (χ0) is 11.8. The molecular weight excluding hydrogens is 220 g/mol. The van der Waals surface area contributed by atoms with E-state index in [0.29, 0.717) is 28.9 Å². The van der Waals surface area contributed by atoms with Crippen LogP contribution in [-0.4, -0.2) is 17.3 Å². The predicted octanol–water partition coefficient (Wildman–Crippen LogP) is 2.69. The topological polar surface area (TPSA) is 53.5 Å². The third-order valence-corrected chi connectivity index (χ3v) is 2.47. The van der Waals surface area contributed by atoms with Gasteiger partial charge < -0.3 is 14.2 Å². The Hall–Kier alpha value is -2.30. The van der Waals surface area contributed by atoms with Crippen molar-refractivity contribution in [2.45, 2.75) is 6.92 Å². The number of benzene rings is 1. The molecule has 0 spiro atoms. The second kappa shape index (κ2) is 3.62. The van der Waals surface area contributed by atoms with Gasteiger partial charge >= 0.3 is 0 Å². The SMILES string of the molecule is COc1nncc2c1Oc1ccc(C)cc1O2. The fourth-order valence-electron chi connectivity index (χ4n) is 1.65. The molecule has 0 bridgehead atoms. The molecule has 2 aromatic rings. The number of methoxy groups -OCH3 is 1. The summed E-state index contributed by atoms with van der Waals surface area (Å²) in [5.74, 6) is 2.60. The van der Waals surface area contributed by atoms with Crippen molar-refractivity contribution in [2.75, 3.05) is 7.11 Å². The van der Waals surface area contributed by atoms with Crippen LogP contribution in [0.4, 0.5) is 0 Å². The Morgan fingerprint density at radius 1 is 1.12 bits per heavy atom. The molecule has 0 N–H and O–H groups in total. The monoisotopic (exact) mass is 230 g/mol. The smallest absolute Gasteiger partial charge is 0.280 e. The first-order chi connectivity index (χ1) is 8.28. The molecule has 2 heterocycles. The largest absolute Gasteiger partial charge is 0.477 e. The summed E-state index contributed by atoms with van der Waals surface area (Å²) >= 11 is 0. The van der Waals surface area contributed by atoms with Gasteiger partial charge in [0.1, 0.15) is 0 Å². The molecule has 3 rings (SSSR count). The minimum Gasteiger partial charge on any atom is -0.477 e. The molecular formula is C12H10N2O3. The fraction of sp³-hybridized carbons (Fsp3) is 0.167. The van der Waals surface area contributed by atoms with Gasteiger partial charge in [-0.3, -0.25) is 0 Å². The minimum absolute atomic E-state index is 0.314. The number of aryl methyl sites for hydroxylation is 1. The molecule has 5 nitrogen and oxygen atoms in total. The van der Waals surface area contributed by atoms with Crippen LogP contribution >= 0.6 is 0 Å². The van der Waals surface area contributed by atoms with Gasteiger partial charge in [0.05, 0.1) is 13.3 Å². The highest BCUT2D eigenvalue weighted by molar-refractivity contribution is 5.57. The van der Waals surface area contributed by atoms with E-state index in [-0.39, 0.29) is 0 Å². The highest BCUT2D eigenvalue weighted by atomic mass is 16.6. The maximum absolute atomic E-state index is 5.70. The molecule has 5 heteroatoms. The molecule has 1 aromatic heterocycles. The molecule has 1 aliphatic heterocycles. The zero-order valence-corrected chi connectivity index (χ0v) is 9.43. The molecule has 0 amide bonds. The summed E-state index contributed by atoms with van der Waals surface area (Å²) in [5.41, 5.74) is 1.10. The Morgan fingerprint density at radius 2 is 2.00 bits per heavy atom. The van der Waals surface area contributed by atoms with E-state index in [4.69, 9.17) is 14.2 Å². The van der Waals surface area contributed by atoms with Crippen LogP contribution in [-0.2, 0) is 0 Å². The van der Waals surface area contributed by atoms with E-state index in [2.05, 4.69) is 10.2 Å². The Kier molecular flexibility index (Phi) is 2.11. The molecule has 0 saturated heterocycles. The maximum Gasteiger partial charge on any atom is 0.280 e. The molecule has 17 heavy (non-hydrogen) atoms. The zero-order valence-electron chi connectivity index (χ0n) is 9.43. The first-order valence-electron chi connectivity index (χ1n) is 5.14. The van der Waals surface area contributed by atoms with Crippen molar-refractivity contribution in [3.05, 3.63) is 30.0 Å². The van der Waals surface area contributed by atoms with E-state index in [1.807, 2.05) is 25.1 Å². The Labute approximate surface area is 98.0 Å². The summed E-state index contributed by atoms with van der Waals surface area (Å²) in [4.78, 5) is 0. The molecule has 1 aliphatic rings. The number of aromatic nitrogens is 2. The van der Waals surface area contributed by atoms with Crippen LogP contribution in [0, 0.1) is 6.92 Å². The van der Waals surface area contributed by atoms with E-state index in [1.54, 1.807) is 0 Å². The normalized spacial score (nSPS) is 11.9. The number of fused-ring (bicyclic) bond motifs is 2. The highest BCUT2D eigenvalue weighted by Gasteiger charge is 2.23. The van der Waals surface area contributed by atoms with Gasteiger partial charge in [-0.2, -0.15) is 5.10 Å². The van der Waals surface area contributed by atoms with E-state index >= 15 is 0 Å². The fourth-order valence-corrected chi connectivity index (χ4v) is 1.65. The summed E-state index contributed by atoms with van der Waals surface area (Å²) in [6.45, 7) is 1.99. The van der Waals surface area contributed by atoms with Crippen LogP contribution in [0.2, 0.25) is 0 Å². The van der Waals surface area contributed by atoms with Crippen molar-refractivity contribution in [3.8, 4) is 28.9 Å². The van der Waals surface area contributed by atoms with Crippen molar-refractivity contribution < 1.29 is 14.2 Å². The molecule has 0 atom stereocenters. The second-order valence-electron chi connectivity index (χ2n) is 3.70. The van der Waals surface area contributed by atoms with Gasteiger partial charge in [0.2, 0.25) is 5.75 Å². The minimum atomic E-state index is 0.314. The van der Waals surface area contributed by atoms with Crippen LogP contribution in [0.25, 0.3) is 0 Å². The van der Waals surface area contributed by atoms with E-state index < -0.39 is 0 Å². The Bertz CT molecular complexity index is 584. The van der Waals surface area contributed by atoms with Gasteiger partial charge in [0, 0.05) is 0 Å². The molecule has 0 fully saturated rings.